The van der Waals surface area contributed by atoms with Crippen LogP contribution in [0.5, 0.6) is 5.75 Å². The highest BCUT2D eigenvalue weighted by molar-refractivity contribution is 6.01. The summed E-state index contributed by atoms with van der Waals surface area (Å²) in [5.74, 6) is 0.224. The van der Waals surface area contributed by atoms with Crippen LogP contribution in [0.2, 0.25) is 0 Å². The van der Waals surface area contributed by atoms with Crippen molar-refractivity contribution in [1.29, 1.82) is 0 Å². The van der Waals surface area contributed by atoms with Crippen LogP contribution in [0.25, 0.3) is 33.1 Å². The van der Waals surface area contributed by atoms with E-state index < -0.39 is 12.1 Å². The Morgan fingerprint density at radius 2 is 2.15 bits per heavy atom. The molecule has 136 valence electrons. The van der Waals surface area contributed by atoms with Gasteiger partial charge in [-0.1, -0.05) is 6.07 Å². The van der Waals surface area contributed by atoms with Crippen molar-refractivity contribution in [3.63, 3.8) is 0 Å². The molecule has 1 fully saturated rings. The number of rotatable bonds is 4. The fourth-order valence-electron chi connectivity index (χ4n) is 3.36. The van der Waals surface area contributed by atoms with Crippen molar-refractivity contribution in [1.82, 2.24) is 20.2 Å². The monoisotopic (exact) mass is 365 g/mol. The van der Waals surface area contributed by atoms with E-state index in [1.165, 1.54) is 0 Å². The lowest BCUT2D eigenvalue weighted by atomic mass is 10.0. The first-order valence-electron chi connectivity index (χ1n) is 8.59. The number of pyridine rings is 1. The van der Waals surface area contributed by atoms with Crippen molar-refractivity contribution in [2.45, 2.75) is 12.6 Å². The summed E-state index contributed by atoms with van der Waals surface area (Å²) in [7, 11) is 1.62. The third kappa shape index (κ3) is 2.52. The lowest BCUT2D eigenvalue weighted by Crippen LogP contribution is -2.15. The quantitative estimate of drug-likeness (QED) is 0.516. The fraction of sp³-hybridized carbons (Fsp3) is 0.211. The van der Waals surface area contributed by atoms with Gasteiger partial charge < -0.3 is 15.0 Å². The normalized spacial score (nSPS) is 18.7. The zero-order valence-corrected chi connectivity index (χ0v) is 14.4. The molecule has 0 aliphatic heterocycles. The molecule has 3 heterocycles. The molecule has 0 bridgehead atoms. The molecular weight excluding hydrogens is 349 g/mol. The third-order valence-corrected chi connectivity index (χ3v) is 4.90. The summed E-state index contributed by atoms with van der Waals surface area (Å²) in [6.07, 6.45) is 2.85. The number of nitrogens with one attached hydrogen (secondary N) is 3. The zero-order valence-electron chi connectivity index (χ0n) is 14.4. The first-order chi connectivity index (χ1) is 13.2. The average molecular weight is 365 g/mol. The summed E-state index contributed by atoms with van der Waals surface area (Å²) in [5, 5.41) is 11.5. The van der Waals surface area contributed by atoms with Crippen molar-refractivity contribution < 1.29 is 13.9 Å². The highest BCUT2D eigenvalue weighted by Gasteiger charge is 2.43. The molecule has 1 saturated carbocycles. The van der Waals surface area contributed by atoms with Gasteiger partial charge in [0, 0.05) is 28.1 Å². The van der Waals surface area contributed by atoms with Gasteiger partial charge in [-0.15, -0.1) is 0 Å². The Hall–Kier alpha value is -3.42. The van der Waals surface area contributed by atoms with E-state index in [-0.39, 0.29) is 12.3 Å². The molecule has 0 spiro atoms. The van der Waals surface area contributed by atoms with Crippen molar-refractivity contribution in [2.24, 2.45) is 5.92 Å². The summed E-state index contributed by atoms with van der Waals surface area (Å²) >= 11 is 0. The largest absolute Gasteiger partial charge is 0.494 e. The Kier molecular flexibility index (Phi) is 3.40. The second-order valence-corrected chi connectivity index (χ2v) is 6.62. The molecular formula is C19H16FN5O2. The van der Waals surface area contributed by atoms with Crippen LogP contribution in [-0.4, -0.2) is 39.4 Å². The summed E-state index contributed by atoms with van der Waals surface area (Å²) in [6.45, 7) is 0. The van der Waals surface area contributed by atoms with Crippen LogP contribution >= 0.6 is 0 Å². The van der Waals surface area contributed by atoms with Gasteiger partial charge in [-0.25, -0.2) is 9.37 Å². The molecule has 0 saturated heterocycles. The molecule has 4 aromatic rings. The average Bonchev–Trinajstić information content (AvgIpc) is 3.07. The van der Waals surface area contributed by atoms with E-state index >= 15 is 0 Å². The molecule has 1 amide bonds. The number of ether oxygens (including phenoxy) is 1. The molecule has 1 aliphatic rings. The molecule has 0 radical (unpaired) electrons. The van der Waals surface area contributed by atoms with Gasteiger partial charge in [-0.3, -0.25) is 9.89 Å². The minimum Gasteiger partial charge on any atom is -0.494 e. The van der Waals surface area contributed by atoms with Crippen molar-refractivity contribution in [3.05, 3.63) is 36.7 Å². The summed E-state index contributed by atoms with van der Waals surface area (Å²) < 4.78 is 18.6. The highest BCUT2D eigenvalue weighted by atomic mass is 19.1. The molecule has 3 N–H and O–H groups in total. The van der Waals surface area contributed by atoms with Crippen LogP contribution < -0.4 is 10.1 Å². The molecule has 8 heteroatoms. The number of halogens is 1. The number of H-pyrrole nitrogens is 2. The van der Waals surface area contributed by atoms with E-state index in [0.717, 1.165) is 27.4 Å². The van der Waals surface area contributed by atoms with Gasteiger partial charge in [0.1, 0.15) is 23.2 Å². The van der Waals surface area contributed by atoms with Gasteiger partial charge in [-0.2, -0.15) is 5.10 Å². The lowest BCUT2D eigenvalue weighted by Gasteiger charge is -2.09. The number of hydrogen-bond acceptors (Lipinski definition) is 4. The van der Waals surface area contributed by atoms with Crippen LogP contribution in [-0.2, 0) is 4.79 Å². The Labute approximate surface area is 152 Å². The van der Waals surface area contributed by atoms with Gasteiger partial charge in [0.25, 0.3) is 0 Å². The first-order valence-corrected chi connectivity index (χ1v) is 8.59. The Bertz CT molecular complexity index is 1180. The van der Waals surface area contributed by atoms with Gasteiger partial charge in [0.15, 0.2) is 5.75 Å². The van der Waals surface area contributed by atoms with Crippen LogP contribution in [0.4, 0.5) is 10.2 Å². The number of hydrogen-bond donors (Lipinski definition) is 3. The number of fused-ring (bicyclic) bond motifs is 2. The van der Waals surface area contributed by atoms with Crippen LogP contribution in [0.15, 0.2) is 36.7 Å². The minimum absolute atomic E-state index is 0.288. The van der Waals surface area contributed by atoms with Gasteiger partial charge in [0.2, 0.25) is 5.91 Å². The summed E-state index contributed by atoms with van der Waals surface area (Å²) in [5.41, 5.74) is 3.28. The number of alkyl halides is 1. The molecule has 0 unspecified atom stereocenters. The predicted molar refractivity (Wildman–Crippen MR) is 99.4 cm³/mol. The number of carbonyl (C=O) groups excluding carboxylic acids is 1. The van der Waals surface area contributed by atoms with E-state index in [0.29, 0.717) is 17.2 Å². The van der Waals surface area contributed by atoms with Gasteiger partial charge in [0.05, 0.1) is 19.2 Å². The van der Waals surface area contributed by atoms with Gasteiger partial charge >= 0.3 is 0 Å². The molecule has 2 atom stereocenters. The molecule has 3 aromatic heterocycles. The van der Waals surface area contributed by atoms with Crippen LogP contribution in [0.1, 0.15) is 6.42 Å². The molecule has 5 rings (SSSR count). The highest BCUT2D eigenvalue weighted by Crippen LogP contribution is 2.39. The Morgan fingerprint density at radius 3 is 2.93 bits per heavy atom. The van der Waals surface area contributed by atoms with E-state index in [1.807, 2.05) is 24.4 Å². The molecule has 27 heavy (non-hydrogen) atoms. The van der Waals surface area contributed by atoms with Crippen molar-refractivity contribution in [2.75, 3.05) is 12.4 Å². The second kappa shape index (κ2) is 5.80. The second-order valence-electron chi connectivity index (χ2n) is 6.62. The van der Waals surface area contributed by atoms with Crippen molar-refractivity contribution >= 4 is 33.7 Å². The lowest BCUT2D eigenvalue weighted by molar-refractivity contribution is -0.117. The zero-order chi connectivity index (χ0) is 18.5. The number of aromatic nitrogens is 4. The van der Waals surface area contributed by atoms with Gasteiger partial charge in [-0.05, 0) is 24.6 Å². The van der Waals surface area contributed by atoms with Crippen LogP contribution in [0.3, 0.4) is 0 Å². The Morgan fingerprint density at radius 1 is 1.30 bits per heavy atom. The Balaban J connectivity index is 1.54. The number of methoxy groups -OCH3 is 1. The summed E-state index contributed by atoms with van der Waals surface area (Å²) in [4.78, 5) is 19.5. The minimum atomic E-state index is -1.03. The first kappa shape index (κ1) is 15.8. The standard InChI is InChI=1S/C19H16FN5O2/c1-27-17-10(3-2-9-7-22-25-16(9)17)13-8-21-18-11(13)4-5-15(23-18)24-19(26)12-6-14(12)20/h2-5,7-8,12,14H,6H2,1H3,(H,22,25)(H2,21,23,24,26)/t12-,14+/m1/s1. The number of anilines is 1. The fourth-order valence-corrected chi connectivity index (χ4v) is 3.36. The maximum absolute atomic E-state index is 13.0. The number of aromatic amines is 2. The number of nitrogens with zero attached hydrogens (tertiary/aromatic N) is 2. The maximum Gasteiger partial charge on any atom is 0.231 e. The topological polar surface area (TPSA) is 95.7 Å². The van der Waals surface area contributed by atoms with E-state index in [1.54, 1.807) is 19.4 Å². The van der Waals surface area contributed by atoms with Crippen molar-refractivity contribution in [3.8, 4) is 16.9 Å². The molecule has 7 nitrogen and oxygen atoms in total. The third-order valence-electron chi connectivity index (χ3n) is 4.90. The maximum atomic E-state index is 13.0. The number of benzene rings is 1. The van der Waals surface area contributed by atoms with E-state index in [9.17, 15) is 9.18 Å². The number of amides is 1. The molecule has 1 aromatic carbocycles. The van der Waals surface area contributed by atoms with Crippen LogP contribution in [0, 0.1) is 5.92 Å². The SMILES string of the molecule is COc1c(-c2c[nH]c3nc(NC(=O)[C@@H]4C[C@@H]4F)ccc23)ccc2cn[nH]c12. The van der Waals surface area contributed by atoms with E-state index in [4.69, 9.17) is 4.74 Å². The smallest absolute Gasteiger partial charge is 0.231 e. The summed E-state index contributed by atoms with van der Waals surface area (Å²) in [6, 6.07) is 7.54. The van der Waals surface area contributed by atoms with E-state index in [2.05, 4.69) is 25.5 Å². The number of carbonyl (C=O) groups is 1. The molecule has 1 aliphatic carbocycles. The predicted octanol–water partition coefficient (Wildman–Crippen LogP) is 3.41.